The first kappa shape index (κ1) is 14.6. The van der Waals surface area contributed by atoms with E-state index in [4.69, 9.17) is 4.42 Å². The van der Waals surface area contributed by atoms with Gasteiger partial charge in [-0.15, -0.1) is 0 Å². The van der Waals surface area contributed by atoms with Gasteiger partial charge in [-0.3, -0.25) is 4.90 Å². The molecule has 0 aliphatic carbocycles. The summed E-state index contributed by atoms with van der Waals surface area (Å²) in [4.78, 5) is 6.56. The van der Waals surface area contributed by atoms with Crippen LogP contribution in [-0.2, 0) is 13.1 Å². The third-order valence-corrected chi connectivity index (χ3v) is 3.05. The molecular formula is C16H23N3O. The fraction of sp³-hybridized carbons (Fsp3) is 0.438. The highest BCUT2D eigenvalue weighted by molar-refractivity contribution is 5.37. The van der Waals surface area contributed by atoms with Crippen LogP contribution in [0.5, 0.6) is 0 Å². The number of rotatable bonds is 7. The fourth-order valence-electron chi connectivity index (χ4n) is 2.13. The third-order valence-electron chi connectivity index (χ3n) is 3.05. The summed E-state index contributed by atoms with van der Waals surface area (Å²) >= 11 is 0. The van der Waals surface area contributed by atoms with Gasteiger partial charge in [-0.05, 0) is 50.2 Å². The molecule has 0 saturated heterocycles. The van der Waals surface area contributed by atoms with Gasteiger partial charge >= 0.3 is 0 Å². The summed E-state index contributed by atoms with van der Waals surface area (Å²) in [6.45, 7) is 6.77. The molecule has 2 rings (SSSR count). The summed E-state index contributed by atoms with van der Waals surface area (Å²) in [7, 11) is 2.09. The molecule has 0 aliphatic heterocycles. The van der Waals surface area contributed by atoms with Gasteiger partial charge in [0.1, 0.15) is 17.3 Å². The molecule has 2 aromatic heterocycles. The van der Waals surface area contributed by atoms with Gasteiger partial charge in [0, 0.05) is 19.3 Å². The van der Waals surface area contributed by atoms with Crippen molar-refractivity contribution in [3.8, 4) is 0 Å². The maximum absolute atomic E-state index is 5.60. The molecule has 0 atom stereocenters. The Balaban J connectivity index is 1.91. The van der Waals surface area contributed by atoms with E-state index in [1.807, 2.05) is 25.3 Å². The van der Waals surface area contributed by atoms with Crippen molar-refractivity contribution < 1.29 is 4.42 Å². The van der Waals surface area contributed by atoms with E-state index in [-0.39, 0.29) is 0 Å². The highest BCUT2D eigenvalue weighted by Crippen LogP contribution is 2.13. The van der Waals surface area contributed by atoms with E-state index >= 15 is 0 Å². The van der Waals surface area contributed by atoms with E-state index < -0.39 is 0 Å². The largest absolute Gasteiger partial charge is 0.465 e. The summed E-state index contributed by atoms with van der Waals surface area (Å²) < 4.78 is 5.60. The van der Waals surface area contributed by atoms with Gasteiger partial charge in [0.15, 0.2) is 0 Å². The molecule has 4 nitrogen and oxygen atoms in total. The number of pyridine rings is 1. The zero-order valence-electron chi connectivity index (χ0n) is 12.5. The molecule has 0 spiro atoms. The van der Waals surface area contributed by atoms with Crippen molar-refractivity contribution in [1.29, 1.82) is 0 Å². The maximum atomic E-state index is 5.60. The lowest BCUT2D eigenvalue weighted by molar-refractivity contribution is 0.285. The Morgan fingerprint density at radius 2 is 2.10 bits per heavy atom. The second-order valence-corrected chi connectivity index (χ2v) is 5.16. The molecule has 0 amide bonds. The Bertz CT molecular complexity index is 536. The predicted molar refractivity (Wildman–Crippen MR) is 81.6 cm³/mol. The second-order valence-electron chi connectivity index (χ2n) is 5.16. The van der Waals surface area contributed by atoms with Gasteiger partial charge in [-0.1, -0.05) is 6.92 Å². The number of anilines is 1. The fourth-order valence-corrected chi connectivity index (χ4v) is 2.13. The molecule has 0 aromatic carbocycles. The second kappa shape index (κ2) is 7.10. The molecule has 0 aliphatic rings. The van der Waals surface area contributed by atoms with Crippen molar-refractivity contribution in [2.75, 3.05) is 18.9 Å². The average Bonchev–Trinajstić information content (AvgIpc) is 2.82. The van der Waals surface area contributed by atoms with Crippen LogP contribution in [-0.4, -0.2) is 23.5 Å². The molecule has 4 heteroatoms. The van der Waals surface area contributed by atoms with E-state index in [1.165, 1.54) is 5.56 Å². The van der Waals surface area contributed by atoms with Gasteiger partial charge in [-0.25, -0.2) is 4.98 Å². The Kier molecular flexibility index (Phi) is 5.18. The van der Waals surface area contributed by atoms with E-state index in [0.717, 1.165) is 43.4 Å². The van der Waals surface area contributed by atoms with Gasteiger partial charge in [-0.2, -0.15) is 0 Å². The molecule has 0 saturated carbocycles. The van der Waals surface area contributed by atoms with Crippen LogP contribution in [0.15, 0.2) is 34.9 Å². The van der Waals surface area contributed by atoms with Gasteiger partial charge < -0.3 is 9.73 Å². The van der Waals surface area contributed by atoms with Crippen molar-refractivity contribution >= 4 is 5.82 Å². The lowest BCUT2D eigenvalue weighted by atomic mass is 10.2. The van der Waals surface area contributed by atoms with Crippen LogP contribution in [0, 0.1) is 6.92 Å². The predicted octanol–water partition coefficient (Wildman–Crippen LogP) is 3.44. The van der Waals surface area contributed by atoms with Crippen LogP contribution in [0.25, 0.3) is 0 Å². The summed E-state index contributed by atoms with van der Waals surface area (Å²) in [5, 5.41) is 3.31. The molecule has 2 heterocycles. The average molecular weight is 273 g/mol. The zero-order chi connectivity index (χ0) is 14.4. The first-order valence-electron chi connectivity index (χ1n) is 7.10. The number of nitrogens with one attached hydrogen (secondary N) is 1. The molecule has 1 N–H and O–H groups in total. The van der Waals surface area contributed by atoms with Crippen molar-refractivity contribution in [3.63, 3.8) is 0 Å². The third kappa shape index (κ3) is 4.38. The summed E-state index contributed by atoms with van der Waals surface area (Å²) in [5.74, 6) is 2.92. The highest BCUT2D eigenvalue weighted by atomic mass is 16.3. The molecule has 0 fully saturated rings. The van der Waals surface area contributed by atoms with E-state index in [0.29, 0.717) is 0 Å². The molecule has 2 aromatic rings. The van der Waals surface area contributed by atoms with Crippen molar-refractivity contribution in [1.82, 2.24) is 9.88 Å². The molecule has 0 unspecified atom stereocenters. The van der Waals surface area contributed by atoms with Crippen LogP contribution in [0.3, 0.4) is 0 Å². The molecule has 0 radical (unpaired) electrons. The van der Waals surface area contributed by atoms with Gasteiger partial charge in [0.2, 0.25) is 0 Å². The molecule has 0 bridgehead atoms. The molecular weight excluding hydrogens is 250 g/mol. The zero-order valence-corrected chi connectivity index (χ0v) is 12.5. The van der Waals surface area contributed by atoms with Gasteiger partial charge in [0.25, 0.3) is 0 Å². The first-order chi connectivity index (χ1) is 9.67. The highest BCUT2D eigenvalue weighted by Gasteiger charge is 2.05. The molecule has 108 valence electrons. The summed E-state index contributed by atoms with van der Waals surface area (Å²) in [5.41, 5.74) is 1.25. The topological polar surface area (TPSA) is 41.3 Å². The van der Waals surface area contributed by atoms with E-state index in [1.54, 1.807) is 0 Å². The number of furan rings is 1. The number of aromatic nitrogens is 1. The van der Waals surface area contributed by atoms with Crippen LogP contribution >= 0.6 is 0 Å². The van der Waals surface area contributed by atoms with E-state index in [2.05, 4.69) is 41.3 Å². The maximum Gasteiger partial charge on any atom is 0.126 e. The Labute approximate surface area is 120 Å². The standard InChI is InChI=1S/C16H23N3O/c1-4-8-17-16-10-14(7-9-18-16)11-19(3)12-15-6-5-13(2)20-15/h5-7,9-10H,4,8,11-12H2,1-3H3,(H,17,18). The van der Waals surface area contributed by atoms with Gasteiger partial charge in [0.05, 0.1) is 6.54 Å². The summed E-state index contributed by atoms with van der Waals surface area (Å²) in [6, 6.07) is 8.20. The minimum absolute atomic E-state index is 0.813. The monoisotopic (exact) mass is 273 g/mol. The van der Waals surface area contributed by atoms with Crippen molar-refractivity contribution in [2.24, 2.45) is 0 Å². The Morgan fingerprint density at radius 3 is 2.80 bits per heavy atom. The van der Waals surface area contributed by atoms with Crippen molar-refractivity contribution in [3.05, 3.63) is 47.5 Å². The van der Waals surface area contributed by atoms with Crippen LogP contribution in [0.2, 0.25) is 0 Å². The number of hydrogen-bond acceptors (Lipinski definition) is 4. The SMILES string of the molecule is CCCNc1cc(CN(C)Cc2ccc(C)o2)ccn1. The smallest absolute Gasteiger partial charge is 0.126 e. The Hall–Kier alpha value is -1.81. The number of aryl methyl sites for hydroxylation is 1. The minimum atomic E-state index is 0.813. The summed E-state index contributed by atoms with van der Waals surface area (Å²) in [6.07, 6.45) is 2.96. The Morgan fingerprint density at radius 1 is 1.25 bits per heavy atom. The van der Waals surface area contributed by atoms with Crippen LogP contribution < -0.4 is 5.32 Å². The van der Waals surface area contributed by atoms with Crippen LogP contribution in [0.4, 0.5) is 5.82 Å². The lowest BCUT2D eigenvalue weighted by Gasteiger charge is -2.15. The quantitative estimate of drug-likeness (QED) is 0.839. The minimum Gasteiger partial charge on any atom is -0.465 e. The number of nitrogens with zero attached hydrogens (tertiary/aromatic N) is 2. The normalized spacial score (nSPS) is 11.0. The van der Waals surface area contributed by atoms with Crippen molar-refractivity contribution in [2.45, 2.75) is 33.4 Å². The number of hydrogen-bond donors (Lipinski definition) is 1. The van der Waals surface area contributed by atoms with Crippen LogP contribution in [0.1, 0.15) is 30.4 Å². The lowest BCUT2D eigenvalue weighted by Crippen LogP contribution is -2.17. The van der Waals surface area contributed by atoms with E-state index in [9.17, 15) is 0 Å². The molecule has 20 heavy (non-hydrogen) atoms. The first-order valence-corrected chi connectivity index (χ1v) is 7.10.